The van der Waals surface area contributed by atoms with Gasteiger partial charge in [0.1, 0.15) is 0 Å². The summed E-state index contributed by atoms with van der Waals surface area (Å²) >= 11 is 0. The molecule has 2 nitrogen and oxygen atoms in total. The average Bonchev–Trinajstić information content (AvgIpc) is 2.15. The molecular formula is C11H22N2. The van der Waals surface area contributed by atoms with E-state index in [1.165, 1.54) is 25.7 Å². The lowest BCUT2D eigenvalue weighted by Crippen LogP contribution is -2.44. The van der Waals surface area contributed by atoms with Gasteiger partial charge in [-0.05, 0) is 32.6 Å². The molecule has 2 heteroatoms. The van der Waals surface area contributed by atoms with Gasteiger partial charge in [-0.2, -0.15) is 0 Å². The van der Waals surface area contributed by atoms with Crippen LogP contribution in [0, 0.1) is 5.92 Å². The summed E-state index contributed by atoms with van der Waals surface area (Å²) in [6.45, 7) is 6.87. The molecule has 76 valence electrons. The largest absolute Gasteiger partial charge is 0.295 e. The third-order valence-electron chi connectivity index (χ3n) is 3.45. The molecule has 2 fully saturated rings. The second-order valence-electron chi connectivity index (χ2n) is 5.40. The lowest BCUT2D eigenvalue weighted by atomic mass is 9.99. The van der Waals surface area contributed by atoms with E-state index in [2.05, 4.69) is 31.4 Å². The first kappa shape index (κ1) is 9.47. The molecule has 0 aromatic carbocycles. The molecule has 0 bridgehead atoms. The van der Waals surface area contributed by atoms with Crippen molar-refractivity contribution in [1.29, 1.82) is 0 Å². The molecule has 3 atom stereocenters. The van der Waals surface area contributed by atoms with Gasteiger partial charge in [-0.1, -0.05) is 19.8 Å². The minimum absolute atomic E-state index is 0.159. The average molecular weight is 182 g/mol. The summed E-state index contributed by atoms with van der Waals surface area (Å²) in [5.41, 5.74) is 0.159. The zero-order valence-electron chi connectivity index (χ0n) is 9.06. The summed E-state index contributed by atoms with van der Waals surface area (Å²) in [4.78, 5) is 0. The van der Waals surface area contributed by atoms with E-state index in [9.17, 15) is 0 Å². The number of hydrogen-bond donors (Lipinski definition) is 2. The van der Waals surface area contributed by atoms with Crippen LogP contribution < -0.4 is 10.6 Å². The Balaban J connectivity index is 2.04. The van der Waals surface area contributed by atoms with Crippen LogP contribution >= 0.6 is 0 Å². The van der Waals surface area contributed by atoms with E-state index < -0.39 is 0 Å². The fourth-order valence-corrected chi connectivity index (χ4v) is 2.90. The van der Waals surface area contributed by atoms with Gasteiger partial charge < -0.3 is 0 Å². The van der Waals surface area contributed by atoms with Gasteiger partial charge in [0.05, 0.1) is 5.66 Å². The number of hydrogen-bond acceptors (Lipinski definition) is 2. The van der Waals surface area contributed by atoms with E-state index in [0.29, 0.717) is 6.04 Å². The van der Waals surface area contributed by atoms with Gasteiger partial charge in [0.2, 0.25) is 0 Å². The first-order valence-corrected chi connectivity index (χ1v) is 5.62. The van der Waals surface area contributed by atoms with Crippen LogP contribution in [0.2, 0.25) is 0 Å². The standard InChI is InChI=1S/C11H22N2/c1-8-5-4-6-9-10(7-8)13-11(2,3)12-9/h8-10,12-13H,4-7H2,1-3H3. The molecule has 2 N–H and O–H groups in total. The van der Waals surface area contributed by atoms with Crippen molar-refractivity contribution >= 4 is 0 Å². The van der Waals surface area contributed by atoms with E-state index in [1.54, 1.807) is 0 Å². The first-order chi connectivity index (χ1) is 6.07. The van der Waals surface area contributed by atoms with Crippen molar-refractivity contribution in [3.63, 3.8) is 0 Å². The molecular weight excluding hydrogens is 160 g/mol. The van der Waals surface area contributed by atoms with Crippen molar-refractivity contribution in [2.45, 2.75) is 64.2 Å². The summed E-state index contributed by atoms with van der Waals surface area (Å²) in [6, 6.07) is 1.44. The van der Waals surface area contributed by atoms with Crippen molar-refractivity contribution in [3.05, 3.63) is 0 Å². The highest BCUT2D eigenvalue weighted by Gasteiger charge is 2.38. The molecule has 0 aromatic heterocycles. The normalized spacial score (nSPS) is 44.1. The summed E-state index contributed by atoms with van der Waals surface area (Å²) in [5.74, 6) is 0.901. The van der Waals surface area contributed by atoms with E-state index in [4.69, 9.17) is 0 Å². The summed E-state index contributed by atoms with van der Waals surface area (Å²) in [5, 5.41) is 7.37. The fourth-order valence-electron chi connectivity index (χ4n) is 2.90. The van der Waals surface area contributed by atoms with E-state index in [-0.39, 0.29) is 5.66 Å². The number of nitrogens with one attached hydrogen (secondary N) is 2. The van der Waals surface area contributed by atoms with Crippen LogP contribution in [0.1, 0.15) is 46.5 Å². The van der Waals surface area contributed by atoms with E-state index in [0.717, 1.165) is 12.0 Å². The molecule has 0 radical (unpaired) electrons. The zero-order chi connectivity index (χ0) is 9.47. The molecule has 3 unspecified atom stereocenters. The topological polar surface area (TPSA) is 24.1 Å². The predicted molar refractivity (Wildman–Crippen MR) is 55.6 cm³/mol. The van der Waals surface area contributed by atoms with Gasteiger partial charge in [-0.3, -0.25) is 10.6 Å². The van der Waals surface area contributed by atoms with Crippen LogP contribution in [0.5, 0.6) is 0 Å². The second-order valence-corrected chi connectivity index (χ2v) is 5.40. The number of rotatable bonds is 0. The third kappa shape index (κ3) is 2.05. The van der Waals surface area contributed by atoms with Crippen LogP contribution in [-0.2, 0) is 0 Å². The van der Waals surface area contributed by atoms with Crippen molar-refractivity contribution in [1.82, 2.24) is 10.6 Å². The Labute approximate surface area is 81.5 Å². The van der Waals surface area contributed by atoms with Gasteiger partial charge in [-0.15, -0.1) is 0 Å². The molecule has 1 aliphatic carbocycles. The Morgan fingerprint density at radius 2 is 1.77 bits per heavy atom. The van der Waals surface area contributed by atoms with Gasteiger partial charge in [0.25, 0.3) is 0 Å². The molecule has 2 rings (SSSR count). The molecule has 1 saturated heterocycles. The highest BCUT2D eigenvalue weighted by molar-refractivity contribution is 4.99. The van der Waals surface area contributed by atoms with Crippen molar-refractivity contribution < 1.29 is 0 Å². The Kier molecular flexibility index (Phi) is 2.37. The lowest BCUT2D eigenvalue weighted by Gasteiger charge is -2.21. The molecule has 0 spiro atoms. The molecule has 13 heavy (non-hydrogen) atoms. The predicted octanol–water partition coefficient (Wildman–Crippen LogP) is 1.86. The highest BCUT2D eigenvalue weighted by atomic mass is 15.3. The Hall–Kier alpha value is -0.0800. The van der Waals surface area contributed by atoms with Gasteiger partial charge in [0, 0.05) is 12.1 Å². The molecule has 0 amide bonds. The van der Waals surface area contributed by atoms with Gasteiger partial charge in [-0.25, -0.2) is 0 Å². The highest BCUT2D eigenvalue weighted by Crippen LogP contribution is 2.28. The van der Waals surface area contributed by atoms with Crippen molar-refractivity contribution in [2.75, 3.05) is 0 Å². The Bertz CT molecular complexity index is 189. The lowest BCUT2D eigenvalue weighted by molar-refractivity contribution is 0.360. The first-order valence-electron chi connectivity index (χ1n) is 5.62. The monoisotopic (exact) mass is 182 g/mol. The summed E-state index contributed by atoms with van der Waals surface area (Å²) in [6.07, 6.45) is 5.51. The SMILES string of the molecule is CC1CCCC2NC(C)(C)NC2C1. The minimum Gasteiger partial charge on any atom is -0.295 e. The Morgan fingerprint density at radius 3 is 2.54 bits per heavy atom. The quantitative estimate of drug-likeness (QED) is 0.597. The maximum Gasteiger partial charge on any atom is 0.0634 e. The molecule has 0 aromatic rings. The van der Waals surface area contributed by atoms with E-state index >= 15 is 0 Å². The van der Waals surface area contributed by atoms with Crippen LogP contribution in [0.15, 0.2) is 0 Å². The summed E-state index contributed by atoms with van der Waals surface area (Å²) < 4.78 is 0. The van der Waals surface area contributed by atoms with Gasteiger partial charge in [0.15, 0.2) is 0 Å². The third-order valence-corrected chi connectivity index (χ3v) is 3.45. The van der Waals surface area contributed by atoms with Crippen LogP contribution in [-0.4, -0.2) is 17.7 Å². The van der Waals surface area contributed by atoms with Crippen LogP contribution in [0.25, 0.3) is 0 Å². The second kappa shape index (κ2) is 3.25. The van der Waals surface area contributed by atoms with Crippen molar-refractivity contribution in [2.24, 2.45) is 5.92 Å². The smallest absolute Gasteiger partial charge is 0.0634 e. The minimum atomic E-state index is 0.159. The molecule has 1 heterocycles. The Morgan fingerprint density at radius 1 is 1.08 bits per heavy atom. The molecule has 2 aliphatic rings. The zero-order valence-corrected chi connectivity index (χ0v) is 9.06. The molecule has 1 saturated carbocycles. The fraction of sp³-hybridized carbons (Fsp3) is 1.00. The summed E-state index contributed by atoms with van der Waals surface area (Å²) in [7, 11) is 0. The van der Waals surface area contributed by atoms with Crippen LogP contribution in [0.3, 0.4) is 0 Å². The maximum atomic E-state index is 3.69. The number of fused-ring (bicyclic) bond motifs is 1. The maximum absolute atomic E-state index is 3.69. The van der Waals surface area contributed by atoms with Crippen molar-refractivity contribution in [3.8, 4) is 0 Å². The van der Waals surface area contributed by atoms with Crippen LogP contribution in [0.4, 0.5) is 0 Å². The molecule has 1 aliphatic heterocycles. The van der Waals surface area contributed by atoms with E-state index in [1.807, 2.05) is 0 Å². The van der Waals surface area contributed by atoms with Gasteiger partial charge >= 0.3 is 0 Å².